The van der Waals surface area contributed by atoms with E-state index in [-0.39, 0.29) is 0 Å². The van der Waals surface area contributed by atoms with Gasteiger partial charge in [-0.3, -0.25) is 0 Å². The predicted molar refractivity (Wildman–Crippen MR) is 86.4 cm³/mol. The number of hydrogen-bond donors (Lipinski definition) is 1. The maximum absolute atomic E-state index is 4.64. The summed E-state index contributed by atoms with van der Waals surface area (Å²) in [5.41, 5.74) is 0. The molecule has 0 radical (unpaired) electrons. The Labute approximate surface area is 131 Å². The number of aromatic nitrogens is 2. The van der Waals surface area contributed by atoms with Crippen LogP contribution in [0.3, 0.4) is 0 Å². The van der Waals surface area contributed by atoms with Crippen molar-refractivity contribution in [1.29, 1.82) is 0 Å². The molecular weight excluding hydrogens is 278 g/mol. The molecule has 1 aromatic rings. The van der Waals surface area contributed by atoms with Crippen molar-refractivity contribution in [2.75, 3.05) is 6.54 Å². The maximum atomic E-state index is 4.64. The van der Waals surface area contributed by atoms with Gasteiger partial charge in [0.2, 0.25) is 0 Å². The van der Waals surface area contributed by atoms with E-state index < -0.39 is 0 Å². The lowest BCUT2D eigenvalue weighted by atomic mass is 9.52. The maximum Gasteiger partial charge on any atom is 0.134 e. The molecule has 1 atom stereocenters. The van der Waals surface area contributed by atoms with Crippen molar-refractivity contribution in [1.82, 2.24) is 15.5 Å². The first-order chi connectivity index (χ1) is 10.3. The van der Waals surface area contributed by atoms with Gasteiger partial charge in [-0.05, 0) is 68.7 Å². The quantitative estimate of drug-likeness (QED) is 0.888. The van der Waals surface area contributed by atoms with Gasteiger partial charge in [-0.2, -0.15) is 0 Å². The Morgan fingerprint density at radius 3 is 2.29 bits per heavy atom. The molecule has 21 heavy (non-hydrogen) atoms. The molecule has 4 saturated carbocycles. The minimum Gasteiger partial charge on any atom is -0.308 e. The smallest absolute Gasteiger partial charge is 0.134 e. The molecule has 5 rings (SSSR count). The Balaban J connectivity index is 1.55. The molecule has 0 aliphatic heterocycles. The summed E-state index contributed by atoms with van der Waals surface area (Å²) in [6.45, 7) is 5.41. The average Bonchev–Trinajstić information content (AvgIpc) is 2.93. The van der Waals surface area contributed by atoms with E-state index in [0.717, 1.165) is 42.6 Å². The molecule has 0 saturated heterocycles. The first-order valence-corrected chi connectivity index (χ1v) is 9.66. The van der Waals surface area contributed by atoms with E-state index in [4.69, 9.17) is 0 Å². The van der Waals surface area contributed by atoms with Crippen LogP contribution >= 0.6 is 11.3 Å². The number of nitrogens with one attached hydrogen (secondary N) is 1. The summed E-state index contributed by atoms with van der Waals surface area (Å²) in [6, 6.07) is 0.401. The SMILES string of the molecule is CCNC(CC)c1nnc(C2C3CC4CC(C3)CC2C4)s1. The zero-order chi connectivity index (χ0) is 14.4. The number of hydrogen-bond acceptors (Lipinski definition) is 4. The molecular formula is C17H27N3S. The lowest BCUT2D eigenvalue weighted by Crippen LogP contribution is -2.43. The molecule has 116 valence electrons. The minimum atomic E-state index is 0.401. The van der Waals surface area contributed by atoms with Gasteiger partial charge < -0.3 is 5.32 Å². The van der Waals surface area contributed by atoms with E-state index >= 15 is 0 Å². The Bertz CT molecular complexity index is 470. The van der Waals surface area contributed by atoms with Crippen LogP contribution in [0.25, 0.3) is 0 Å². The fourth-order valence-corrected chi connectivity index (χ4v) is 6.79. The van der Waals surface area contributed by atoms with E-state index in [2.05, 4.69) is 29.4 Å². The largest absolute Gasteiger partial charge is 0.308 e. The van der Waals surface area contributed by atoms with Crippen molar-refractivity contribution >= 4 is 11.3 Å². The Kier molecular flexibility index (Phi) is 3.78. The van der Waals surface area contributed by atoms with Gasteiger partial charge in [-0.15, -0.1) is 10.2 Å². The summed E-state index contributed by atoms with van der Waals surface area (Å²) in [5, 5.41) is 15.3. The molecule has 4 aliphatic carbocycles. The third-order valence-electron chi connectivity index (χ3n) is 6.13. The second-order valence-corrected chi connectivity index (χ2v) is 8.49. The Morgan fingerprint density at radius 2 is 1.71 bits per heavy atom. The van der Waals surface area contributed by atoms with Crippen LogP contribution in [-0.4, -0.2) is 16.7 Å². The second kappa shape index (κ2) is 5.62. The van der Waals surface area contributed by atoms with E-state index in [0.29, 0.717) is 6.04 Å². The van der Waals surface area contributed by atoms with E-state index in [1.54, 1.807) is 0 Å². The molecule has 0 aromatic carbocycles. The van der Waals surface area contributed by atoms with E-state index in [1.165, 1.54) is 42.1 Å². The van der Waals surface area contributed by atoms with Crippen LogP contribution < -0.4 is 5.32 Å². The van der Waals surface area contributed by atoms with Gasteiger partial charge in [-0.1, -0.05) is 25.2 Å². The van der Waals surface area contributed by atoms with Crippen LogP contribution in [0.1, 0.15) is 74.3 Å². The van der Waals surface area contributed by atoms with Gasteiger partial charge in [0.1, 0.15) is 10.0 Å². The summed E-state index contributed by atoms with van der Waals surface area (Å²) in [5.74, 6) is 4.66. The van der Waals surface area contributed by atoms with Crippen LogP contribution in [0.4, 0.5) is 0 Å². The van der Waals surface area contributed by atoms with Crippen molar-refractivity contribution in [2.45, 2.75) is 64.3 Å². The van der Waals surface area contributed by atoms with Crippen LogP contribution in [-0.2, 0) is 0 Å². The molecule has 1 heterocycles. The van der Waals surface area contributed by atoms with Crippen molar-refractivity contribution < 1.29 is 0 Å². The molecule has 0 spiro atoms. The topological polar surface area (TPSA) is 37.8 Å². The minimum absolute atomic E-state index is 0.401. The molecule has 4 bridgehead atoms. The molecule has 1 N–H and O–H groups in total. The predicted octanol–water partition coefficient (Wildman–Crippen LogP) is 4.14. The van der Waals surface area contributed by atoms with Gasteiger partial charge in [-0.25, -0.2) is 0 Å². The van der Waals surface area contributed by atoms with Crippen molar-refractivity contribution in [3.63, 3.8) is 0 Å². The highest BCUT2D eigenvalue weighted by Crippen LogP contribution is 2.60. The first-order valence-electron chi connectivity index (χ1n) is 8.85. The highest BCUT2D eigenvalue weighted by molar-refractivity contribution is 7.11. The third kappa shape index (κ3) is 2.44. The monoisotopic (exact) mass is 305 g/mol. The van der Waals surface area contributed by atoms with Crippen molar-refractivity contribution in [2.24, 2.45) is 23.7 Å². The second-order valence-electron chi connectivity index (χ2n) is 7.45. The van der Waals surface area contributed by atoms with Gasteiger partial charge in [0.15, 0.2) is 0 Å². The van der Waals surface area contributed by atoms with Crippen LogP contribution in [0, 0.1) is 23.7 Å². The highest BCUT2D eigenvalue weighted by atomic mass is 32.1. The Morgan fingerprint density at radius 1 is 1.05 bits per heavy atom. The van der Waals surface area contributed by atoms with Gasteiger partial charge in [0.25, 0.3) is 0 Å². The van der Waals surface area contributed by atoms with E-state index in [9.17, 15) is 0 Å². The summed E-state index contributed by atoms with van der Waals surface area (Å²) in [4.78, 5) is 0. The van der Waals surface area contributed by atoms with E-state index in [1.807, 2.05) is 11.3 Å². The molecule has 1 aromatic heterocycles. The normalized spacial score (nSPS) is 38.9. The molecule has 0 amide bonds. The average molecular weight is 305 g/mol. The lowest BCUT2D eigenvalue weighted by molar-refractivity contribution is -0.00303. The molecule has 1 unspecified atom stereocenters. The Hall–Kier alpha value is -0.480. The summed E-state index contributed by atoms with van der Waals surface area (Å²) in [7, 11) is 0. The van der Waals surface area contributed by atoms with Crippen molar-refractivity contribution in [3.8, 4) is 0 Å². The van der Waals surface area contributed by atoms with Gasteiger partial charge >= 0.3 is 0 Å². The van der Waals surface area contributed by atoms with Crippen LogP contribution in [0.5, 0.6) is 0 Å². The summed E-state index contributed by atoms with van der Waals surface area (Å²) in [6.07, 6.45) is 8.51. The first kappa shape index (κ1) is 14.1. The van der Waals surface area contributed by atoms with Gasteiger partial charge in [0.05, 0.1) is 6.04 Å². The zero-order valence-electron chi connectivity index (χ0n) is 13.2. The van der Waals surface area contributed by atoms with Crippen molar-refractivity contribution in [3.05, 3.63) is 10.0 Å². The number of rotatable bonds is 5. The standard InChI is InChI=1S/C17H27N3S/c1-3-14(18-4-2)16-19-20-17(21-16)15-12-6-10-5-11(8-12)9-13(15)7-10/h10-15,18H,3-9H2,1-2H3. The third-order valence-corrected chi connectivity index (χ3v) is 7.26. The number of nitrogens with zero attached hydrogens (tertiary/aromatic N) is 2. The highest BCUT2D eigenvalue weighted by Gasteiger charge is 2.49. The lowest BCUT2D eigenvalue weighted by Gasteiger charge is -2.53. The van der Waals surface area contributed by atoms with Gasteiger partial charge in [0, 0.05) is 5.92 Å². The molecule has 4 heteroatoms. The van der Waals surface area contributed by atoms with Crippen LogP contribution in [0.15, 0.2) is 0 Å². The van der Waals surface area contributed by atoms with Crippen LogP contribution in [0.2, 0.25) is 0 Å². The molecule has 4 fully saturated rings. The fourth-order valence-electron chi connectivity index (χ4n) is 5.50. The zero-order valence-corrected chi connectivity index (χ0v) is 14.0. The fraction of sp³-hybridized carbons (Fsp3) is 0.882. The molecule has 3 nitrogen and oxygen atoms in total. The summed E-state index contributed by atoms with van der Waals surface area (Å²) < 4.78 is 0. The molecule has 4 aliphatic rings. The summed E-state index contributed by atoms with van der Waals surface area (Å²) >= 11 is 1.90.